The van der Waals surface area contributed by atoms with Crippen LogP contribution >= 0.6 is 27.7 Å². The summed E-state index contributed by atoms with van der Waals surface area (Å²) in [6, 6.07) is 10.5. The molecule has 0 saturated heterocycles. The van der Waals surface area contributed by atoms with Gasteiger partial charge in [0.1, 0.15) is 5.03 Å². The van der Waals surface area contributed by atoms with Crippen molar-refractivity contribution >= 4 is 27.7 Å². The zero-order valence-corrected chi connectivity index (χ0v) is 13.5. The molecule has 0 unspecified atom stereocenters. The third kappa shape index (κ3) is 4.06. The number of nitrogens with two attached hydrogens (primary N) is 1. The SMILES string of the molecule is Cc1cc(C)nc(Sc2cc(Br)ccc2CCN)c1. The van der Waals surface area contributed by atoms with Gasteiger partial charge < -0.3 is 5.73 Å². The molecule has 0 bridgehead atoms. The van der Waals surface area contributed by atoms with Crippen LogP contribution in [0.1, 0.15) is 16.8 Å². The van der Waals surface area contributed by atoms with Crippen LogP contribution in [0.15, 0.2) is 44.7 Å². The van der Waals surface area contributed by atoms with E-state index in [0.29, 0.717) is 6.54 Å². The Morgan fingerprint density at radius 1 is 1.21 bits per heavy atom. The Morgan fingerprint density at radius 3 is 2.68 bits per heavy atom. The fraction of sp³-hybridized carbons (Fsp3) is 0.267. The molecule has 1 aromatic heterocycles. The van der Waals surface area contributed by atoms with E-state index < -0.39 is 0 Å². The first-order valence-corrected chi connectivity index (χ1v) is 7.81. The molecule has 0 atom stereocenters. The van der Waals surface area contributed by atoms with Crippen molar-refractivity contribution in [3.05, 3.63) is 51.6 Å². The third-order valence-electron chi connectivity index (χ3n) is 2.73. The van der Waals surface area contributed by atoms with Crippen LogP contribution in [-0.4, -0.2) is 11.5 Å². The van der Waals surface area contributed by atoms with Gasteiger partial charge in [0, 0.05) is 15.1 Å². The number of halogens is 1. The highest BCUT2D eigenvalue weighted by Gasteiger charge is 2.07. The number of aromatic nitrogens is 1. The molecule has 0 amide bonds. The van der Waals surface area contributed by atoms with Crippen LogP contribution in [0.25, 0.3) is 0 Å². The number of nitrogens with zero attached hydrogens (tertiary/aromatic N) is 1. The molecule has 0 aliphatic rings. The second-order valence-corrected chi connectivity index (χ2v) is 6.49. The fourth-order valence-electron chi connectivity index (χ4n) is 1.95. The molecular formula is C15H17BrN2S. The Kier molecular flexibility index (Phi) is 5.02. The Morgan fingerprint density at radius 2 is 2.00 bits per heavy atom. The van der Waals surface area contributed by atoms with Crippen LogP contribution in [0, 0.1) is 13.8 Å². The van der Waals surface area contributed by atoms with Crippen molar-refractivity contribution in [3.63, 3.8) is 0 Å². The molecule has 0 aliphatic heterocycles. The molecular weight excluding hydrogens is 320 g/mol. The van der Waals surface area contributed by atoms with Gasteiger partial charge in [-0.15, -0.1) is 0 Å². The van der Waals surface area contributed by atoms with E-state index >= 15 is 0 Å². The lowest BCUT2D eigenvalue weighted by molar-refractivity contribution is 0.941. The fourth-order valence-corrected chi connectivity index (χ4v) is 3.61. The summed E-state index contributed by atoms with van der Waals surface area (Å²) in [5.41, 5.74) is 9.24. The van der Waals surface area contributed by atoms with Crippen molar-refractivity contribution < 1.29 is 0 Å². The van der Waals surface area contributed by atoms with Crippen LogP contribution in [0.2, 0.25) is 0 Å². The molecule has 100 valence electrons. The summed E-state index contributed by atoms with van der Waals surface area (Å²) in [6.45, 7) is 4.79. The van der Waals surface area contributed by atoms with Crippen LogP contribution in [0.5, 0.6) is 0 Å². The second-order valence-electron chi connectivity index (χ2n) is 4.52. The van der Waals surface area contributed by atoms with Gasteiger partial charge in [0.15, 0.2) is 0 Å². The van der Waals surface area contributed by atoms with Crippen molar-refractivity contribution in [2.75, 3.05) is 6.54 Å². The van der Waals surface area contributed by atoms with Crippen LogP contribution in [0.3, 0.4) is 0 Å². The molecule has 1 aromatic carbocycles. The van der Waals surface area contributed by atoms with E-state index in [2.05, 4.69) is 58.2 Å². The summed E-state index contributed by atoms with van der Waals surface area (Å²) in [6.07, 6.45) is 0.889. The van der Waals surface area contributed by atoms with Gasteiger partial charge in [-0.25, -0.2) is 4.98 Å². The smallest absolute Gasteiger partial charge is 0.101 e. The monoisotopic (exact) mass is 336 g/mol. The molecule has 0 aliphatic carbocycles. The molecule has 2 N–H and O–H groups in total. The van der Waals surface area contributed by atoms with Crippen molar-refractivity contribution in [2.24, 2.45) is 5.73 Å². The third-order valence-corrected chi connectivity index (χ3v) is 4.24. The maximum atomic E-state index is 5.67. The quantitative estimate of drug-likeness (QED) is 0.912. The van der Waals surface area contributed by atoms with E-state index in [0.717, 1.165) is 21.6 Å². The molecule has 0 radical (unpaired) electrons. The number of benzene rings is 1. The van der Waals surface area contributed by atoms with Crippen LogP contribution < -0.4 is 5.73 Å². The highest BCUT2D eigenvalue weighted by atomic mass is 79.9. The van der Waals surface area contributed by atoms with Crippen molar-refractivity contribution in [2.45, 2.75) is 30.2 Å². The van der Waals surface area contributed by atoms with Crippen molar-refractivity contribution in [1.29, 1.82) is 0 Å². The first-order chi connectivity index (χ1) is 9.08. The Labute approximate surface area is 126 Å². The molecule has 0 fully saturated rings. The summed E-state index contributed by atoms with van der Waals surface area (Å²) in [7, 11) is 0. The minimum atomic E-state index is 0.662. The summed E-state index contributed by atoms with van der Waals surface area (Å²) in [5.74, 6) is 0. The first-order valence-electron chi connectivity index (χ1n) is 6.20. The van der Waals surface area contributed by atoms with E-state index in [1.54, 1.807) is 11.8 Å². The number of pyridine rings is 1. The van der Waals surface area contributed by atoms with Crippen molar-refractivity contribution in [1.82, 2.24) is 4.98 Å². The van der Waals surface area contributed by atoms with Gasteiger partial charge >= 0.3 is 0 Å². The van der Waals surface area contributed by atoms with E-state index in [-0.39, 0.29) is 0 Å². The van der Waals surface area contributed by atoms with Gasteiger partial charge in [-0.2, -0.15) is 0 Å². The largest absolute Gasteiger partial charge is 0.330 e. The lowest BCUT2D eigenvalue weighted by atomic mass is 10.1. The zero-order chi connectivity index (χ0) is 13.8. The lowest BCUT2D eigenvalue weighted by Crippen LogP contribution is -2.03. The molecule has 4 heteroatoms. The van der Waals surface area contributed by atoms with E-state index in [9.17, 15) is 0 Å². The normalized spacial score (nSPS) is 10.7. The molecule has 0 spiro atoms. The second kappa shape index (κ2) is 6.55. The highest BCUT2D eigenvalue weighted by Crippen LogP contribution is 2.32. The predicted octanol–water partition coefficient (Wildman–Crippen LogP) is 4.11. The molecule has 2 nitrogen and oxygen atoms in total. The average molecular weight is 337 g/mol. The Balaban J connectivity index is 2.33. The summed E-state index contributed by atoms with van der Waals surface area (Å²) < 4.78 is 1.08. The van der Waals surface area contributed by atoms with Gasteiger partial charge in [-0.05, 0) is 62.2 Å². The maximum absolute atomic E-state index is 5.67. The zero-order valence-electron chi connectivity index (χ0n) is 11.1. The minimum Gasteiger partial charge on any atom is -0.330 e. The molecule has 0 saturated carbocycles. The maximum Gasteiger partial charge on any atom is 0.101 e. The molecule has 19 heavy (non-hydrogen) atoms. The van der Waals surface area contributed by atoms with Gasteiger partial charge in [-0.3, -0.25) is 0 Å². The number of rotatable bonds is 4. The molecule has 2 rings (SSSR count). The molecule has 1 heterocycles. The predicted molar refractivity (Wildman–Crippen MR) is 84.7 cm³/mol. The first kappa shape index (κ1) is 14.6. The average Bonchev–Trinajstić information content (AvgIpc) is 2.31. The summed E-state index contributed by atoms with van der Waals surface area (Å²) in [4.78, 5) is 5.80. The standard InChI is InChI=1S/C15H17BrN2S/c1-10-7-11(2)18-15(8-10)19-14-9-13(16)4-3-12(14)5-6-17/h3-4,7-9H,5-6,17H2,1-2H3. The Hall–Kier alpha value is -0.840. The lowest BCUT2D eigenvalue weighted by Gasteiger charge is -2.09. The number of hydrogen-bond acceptors (Lipinski definition) is 3. The number of aryl methyl sites for hydroxylation is 2. The van der Waals surface area contributed by atoms with Crippen LogP contribution in [0.4, 0.5) is 0 Å². The highest BCUT2D eigenvalue weighted by molar-refractivity contribution is 9.10. The van der Waals surface area contributed by atoms with E-state index in [1.807, 2.05) is 6.92 Å². The number of hydrogen-bond donors (Lipinski definition) is 1. The van der Waals surface area contributed by atoms with Gasteiger partial charge in [0.25, 0.3) is 0 Å². The van der Waals surface area contributed by atoms with Gasteiger partial charge in [0.05, 0.1) is 0 Å². The summed E-state index contributed by atoms with van der Waals surface area (Å²) >= 11 is 5.22. The van der Waals surface area contributed by atoms with Gasteiger partial charge in [0.2, 0.25) is 0 Å². The van der Waals surface area contributed by atoms with E-state index in [1.165, 1.54) is 16.0 Å². The van der Waals surface area contributed by atoms with Gasteiger partial charge in [-0.1, -0.05) is 33.8 Å². The topological polar surface area (TPSA) is 38.9 Å². The molecule has 2 aromatic rings. The minimum absolute atomic E-state index is 0.662. The van der Waals surface area contributed by atoms with Crippen LogP contribution in [-0.2, 0) is 6.42 Å². The van der Waals surface area contributed by atoms with Crippen molar-refractivity contribution in [3.8, 4) is 0 Å². The van der Waals surface area contributed by atoms with E-state index in [4.69, 9.17) is 5.73 Å². The Bertz CT molecular complexity index is 564. The summed E-state index contributed by atoms with van der Waals surface area (Å²) in [5, 5.41) is 1.04.